The molecule has 5 rings (SSSR count). The molecule has 0 spiro atoms. The van der Waals surface area contributed by atoms with Crippen LogP contribution in [0.3, 0.4) is 0 Å². The highest BCUT2D eigenvalue weighted by molar-refractivity contribution is 6.31. The number of pyridine rings is 1. The summed E-state index contributed by atoms with van der Waals surface area (Å²) in [4.78, 5) is 56.1. The van der Waals surface area contributed by atoms with Crippen molar-refractivity contribution in [3.63, 3.8) is 0 Å². The van der Waals surface area contributed by atoms with Crippen LogP contribution >= 0.6 is 11.6 Å². The zero-order valence-corrected chi connectivity index (χ0v) is 22.8. The van der Waals surface area contributed by atoms with Crippen molar-refractivity contribution in [1.82, 2.24) is 4.57 Å². The Labute approximate surface area is 239 Å². The SMILES string of the molecule is COc1ccc2c(c1)c(OC(=O)c1ccccc1)c(C(=O)N(C(=O)c1ccccc1)c1ccc(Cl)cc1)c(=O)n2C. The molecule has 0 unspecified atom stereocenters. The van der Waals surface area contributed by atoms with Crippen LogP contribution in [-0.2, 0) is 7.05 Å². The summed E-state index contributed by atoms with van der Waals surface area (Å²) in [6, 6.07) is 27.2. The van der Waals surface area contributed by atoms with Gasteiger partial charge in [0.15, 0.2) is 5.75 Å². The number of esters is 1. The molecule has 2 amide bonds. The van der Waals surface area contributed by atoms with E-state index in [2.05, 4.69) is 0 Å². The van der Waals surface area contributed by atoms with Gasteiger partial charge < -0.3 is 14.0 Å². The van der Waals surface area contributed by atoms with Crippen LogP contribution < -0.4 is 19.9 Å². The number of imide groups is 1. The second-order valence-corrected chi connectivity index (χ2v) is 9.43. The fraction of sp³-hybridized carbons (Fsp3) is 0.0625. The smallest absolute Gasteiger partial charge is 0.343 e. The number of rotatable bonds is 6. The number of halogens is 1. The Balaban J connectivity index is 1.77. The number of hydrogen-bond acceptors (Lipinski definition) is 6. The van der Waals surface area contributed by atoms with Crippen LogP contribution in [0.25, 0.3) is 10.9 Å². The molecule has 1 aromatic heterocycles. The summed E-state index contributed by atoms with van der Waals surface area (Å²) < 4.78 is 12.4. The Hall–Kier alpha value is -5.21. The number of fused-ring (bicyclic) bond motifs is 1. The molecule has 0 bridgehead atoms. The van der Waals surface area contributed by atoms with Gasteiger partial charge in [-0.05, 0) is 66.7 Å². The van der Waals surface area contributed by atoms with Crippen LogP contribution in [0, 0.1) is 0 Å². The topological polar surface area (TPSA) is 94.9 Å². The van der Waals surface area contributed by atoms with Crippen molar-refractivity contribution >= 4 is 46.0 Å². The van der Waals surface area contributed by atoms with Crippen LogP contribution in [0.4, 0.5) is 5.69 Å². The molecular weight excluding hydrogens is 544 g/mol. The number of benzene rings is 4. The lowest BCUT2D eigenvalue weighted by molar-refractivity contribution is 0.0734. The molecule has 0 N–H and O–H groups in total. The Kier molecular flexibility index (Phi) is 7.67. The highest BCUT2D eigenvalue weighted by atomic mass is 35.5. The number of nitrogens with zero attached hydrogens (tertiary/aromatic N) is 2. The van der Waals surface area contributed by atoms with E-state index in [1.165, 1.54) is 43.0 Å². The largest absolute Gasteiger partial charge is 0.497 e. The van der Waals surface area contributed by atoms with Gasteiger partial charge in [0.25, 0.3) is 17.4 Å². The maximum absolute atomic E-state index is 14.4. The van der Waals surface area contributed by atoms with Crippen molar-refractivity contribution in [1.29, 1.82) is 0 Å². The molecule has 1 heterocycles. The standard InChI is InChI=1S/C32H23ClN2O6/c1-34-26-18-17-24(40-2)19-25(26)28(41-32(39)21-11-7-4-8-12-21)27(30(34)37)31(38)35(23-15-13-22(33)14-16-23)29(36)20-9-5-3-6-10-20/h3-19H,1-2H3. The first-order valence-corrected chi connectivity index (χ1v) is 12.9. The molecule has 0 fully saturated rings. The number of aromatic nitrogens is 1. The van der Waals surface area contributed by atoms with E-state index in [0.717, 1.165) is 4.90 Å². The summed E-state index contributed by atoms with van der Waals surface area (Å²) in [5.41, 5.74) is -0.299. The molecule has 41 heavy (non-hydrogen) atoms. The molecule has 0 aliphatic carbocycles. The van der Waals surface area contributed by atoms with E-state index in [0.29, 0.717) is 16.3 Å². The average molecular weight is 567 g/mol. The number of anilines is 1. The summed E-state index contributed by atoms with van der Waals surface area (Å²) >= 11 is 6.08. The van der Waals surface area contributed by atoms with E-state index >= 15 is 0 Å². The van der Waals surface area contributed by atoms with E-state index in [4.69, 9.17) is 21.1 Å². The third-order valence-electron chi connectivity index (χ3n) is 6.49. The molecule has 0 saturated carbocycles. The lowest BCUT2D eigenvalue weighted by Crippen LogP contribution is -2.41. The van der Waals surface area contributed by atoms with Crippen molar-refractivity contribution in [2.45, 2.75) is 0 Å². The molecule has 8 nitrogen and oxygen atoms in total. The van der Waals surface area contributed by atoms with Crippen molar-refractivity contribution in [2.24, 2.45) is 7.05 Å². The third-order valence-corrected chi connectivity index (χ3v) is 6.74. The Morgan fingerprint density at radius 2 is 1.39 bits per heavy atom. The van der Waals surface area contributed by atoms with Crippen LogP contribution in [0.1, 0.15) is 31.1 Å². The molecule has 5 aromatic rings. The zero-order chi connectivity index (χ0) is 29.1. The average Bonchev–Trinajstić information content (AvgIpc) is 3.01. The Morgan fingerprint density at radius 3 is 2.00 bits per heavy atom. The predicted molar refractivity (Wildman–Crippen MR) is 156 cm³/mol. The predicted octanol–water partition coefficient (Wildman–Crippen LogP) is 5.91. The van der Waals surface area contributed by atoms with Gasteiger partial charge in [0, 0.05) is 23.0 Å². The van der Waals surface area contributed by atoms with E-state index in [1.54, 1.807) is 78.9 Å². The summed E-state index contributed by atoms with van der Waals surface area (Å²) in [6.07, 6.45) is 0. The van der Waals surface area contributed by atoms with E-state index in [-0.39, 0.29) is 28.0 Å². The van der Waals surface area contributed by atoms with Gasteiger partial charge in [0.05, 0.1) is 23.9 Å². The third kappa shape index (κ3) is 5.33. The highest BCUT2D eigenvalue weighted by Crippen LogP contribution is 2.33. The van der Waals surface area contributed by atoms with Crippen molar-refractivity contribution in [3.05, 3.63) is 135 Å². The molecule has 0 atom stereocenters. The maximum atomic E-state index is 14.4. The molecule has 204 valence electrons. The molecule has 4 aromatic carbocycles. The fourth-order valence-corrected chi connectivity index (χ4v) is 4.51. The number of carbonyl (C=O) groups excluding carboxylic acids is 3. The molecule has 0 radical (unpaired) electrons. The quantitative estimate of drug-likeness (QED) is 0.187. The first kappa shape index (κ1) is 27.4. The monoisotopic (exact) mass is 566 g/mol. The van der Waals surface area contributed by atoms with Crippen LogP contribution in [0.2, 0.25) is 5.02 Å². The lowest BCUT2D eigenvalue weighted by Gasteiger charge is -2.23. The first-order valence-electron chi connectivity index (χ1n) is 12.5. The van der Waals surface area contributed by atoms with Gasteiger partial charge in [-0.25, -0.2) is 9.69 Å². The summed E-state index contributed by atoms with van der Waals surface area (Å²) in [5.74, 6) is -2.35. The lowest BCUT2D eigenvalue weighted by atomic mass is 10.1. The van der Waals surface area contributed by atoms with E-state index < -0.39 is 28.9 Å². The zero-order valence-electron chi connectivity index (χ0n) is 22.0. The van der Waals surface area contributed by atoms with Gasteiger partial charge >= 0.3 is 5.97 Å². The first-order chi connectivity index (χ1) is 19.8. The second-order valence-electron chi connectivity index (χ2n) is 9.00. The van der Waals surface area contributed by atoms with Crippen molar-refractivity contribution in [3.8, 4) is 11.5 Å². The summed E-state index contributed by atoms with van der Waals surface area (Å²) in [5, 5.41) is 0.654. The number of carbonyl (C=O) groups is 3. The molecule has 0 saturated heterocycles. The number of hydrogen-bond donors (Lipinski definition) is 0. The number of aryl methyl sites for hydroxylation is 1. The van der Waals surface area contributed by atoms with Gasteiger partial charge in [0.2, 0.25) is 0 Å². The van der Waals surface area contributed by atoms with Gasteiger partial charge in [-0.3, -0.25) is 14.4 Å². The normalized spacial score (nSPS) is 10.7. The minimum absolute atomic E-state index is 0.168. The molecular formula is C32H23ClN2O6. The van der Waals surface area contributed by atoms with Crippen LogP contribution in [0.15, 0.2) is 108 Å². The number of ether oxygens (including phenoxy) is 2. The van der Waals surface area contributed by atoms with Crippen LogP contribution in [-0.4, -0.2) is 29.5 Å². The molecule has 0 aliphatic heterocycles. The fourth-order valence-electron chi connectivity index (χ4n) is 4.38. The van der Waals surface area contributed by atoms with Crippen LogP contribution in [0.5, 0.6) is 11.5 Å². The van der Waals surface area contributed by atoms with E-state index in [1.807, 2.05) is 0 Å². The summed E-state index contributed by atoms with van der Waals surface area (Å²) in [6.45, 7) is 0. The number of methoxy groups -OCH3 is 1. The number of amides is 2. The Morgan fingerprint density at radius 1 is 0.780 bits per heavy atom. The van der Waals surface area contributed by atoms with Gasteiger partial charge in [-0.1, -0.05) is 48.0 Å². The minimum atomic E-state index is -0.984. The molecule has 0 aliphatic rings. The second kappa shape index (κ2) is 11.5. The van der Waals surface area contributed by atoms with Crippen molar-refractivity contribution < 1.29 is 23.9 Å². The van der Waals surface area contributed by atoms with Gasteiger partial charge in [0.1, 0.15) is 11.3 Å². The van der Waals surface area contributed by atoms with Crippen molar-refractivity contribution in [2.75, 3.05) is 12.0 Å². The maximum Gasteiger partial charge on any atom is 0.343 e. The van der Waals surface area contributed by atoms with Gasteiger partial charge in [-0.2, -0.15) is 0 Å². The minimum Gasteiger partial charge on any atom is -0.497 e. The summed E-state index contributed by atoms with van der Waals surface area (Å²) in [7, 11) is 2.95. The highest BCUT2D eigenvalue weighted by Gasteiger charge is 2.33. The Bertz CT molecular complexity index is 1830. The molecule has 9 heteroatoms. The van der Waals surface area contributed by atoms with Gasteiger partial charge in [-0.15, -0.1) is 0 Å². The van der Waals surface area contributed by atoms with E-state index in [9.17, 15) is 19.2 Å².